The summed E-state index contributed by atoms with van der Waals surface area (Å²) in [7, 11) is 0. The van der Waals surface area contributed by atoms with E-state index in [-0.39, 0.29) is 38.7 Å². The number of amides is 1. The third-order valence-electron chi connectivity index (χ3n) is 4.69. The number of halogens is 5. The van der Waals surface area contributed by atoms with Crippen LogP contribution in [0.2, 0.25) is 5.02 Å². The lowest BCUT2D eigenvalue weighted by Crippen LogP contribution is -2.50. The maximum absolute atomic E-state index is 14.1. The Morgan fingerprint density at radius 3 is 1.97 bits per heavy atom. The Kier molecular flexibility index (Phi) is 6.21. The Morgan fingerprint density at radius 1 is 0.931 bits per heavy atom. The maximum atomic E-state index is 14.1. The lowest BCUT2D eigenvalue weighted by Gasteiger charge is -2.36. The minimum Gasteiger partial charge on any atom is -0.484 e. The summed E-state index contributed by atoms with van der Waals surface area (Å²) >= 11 is 5.25. The highest BCUT2D eigenvalue weighted by molar-refractivity contribution is 6.31. The van der Waals surface area contributed by atoms with E-state index in [1.165, 1.54) is 4.90 Å². The minimum absolute atomic E-state index is 0.00362. The number of carbonyl (C=O) groups is 1. The Labute approximate surface area is 170 Å². The lowest BCUT2D eigenvalue weighted by molar-refractivity contribution is -0.133. The Balaban J connectivity index is 1.63. The van der Waals surface area contributed by atoms with Gasteiger partial charge in [-0.1, -0.05) is 17.7 Å². The number of benzene rings is 2. The van der Waals surface area contributed by atoms with E-state index < -0.39 is 34.0 Å². The van der Waals surface area contributed by atoms with Crippen molar-refractivity contribution in [2.45, 2.75) is 13.8 Å². The number of hydrogen-bond acceptors (Lipinski definition) is 3. The van der Waals surface area contributed by atoms with Crippen LogP contribution < -0.4 is 9.64 Å². The van der Waals surface area contributed by atoms with Gasteiger partial charge in [-0.05, 0) is 37.1 Å². The van der Waals surface area contributed by atoms with Gasteiger partial charge in [0.1, 0.15) is 16.5 Å². The number of piperazine rings is 1. The van der Waals surface area contributed by atoms with Crippen molar-refractivity contribution in [1.82, 2.24) is 4.90 Å². The predicted molar refractivity (Wildman–Crippen MR) is 101 cm³/mol. The van der Waals surface area contributed by atoms with E-state index in [1.807, 2.05) is 32.0 Å². The molecule has 1 fully saturated rings. The first kappa shape index (κ1) is 21.2. The molecule has 0 atom stereocenters. The van der Waals surface area contributed by atoms with Crippen molar-refractivity contribution in [1.29, 1.82) is 0 Å². The Bertz CT molecular complexity index is 897. The van der Waals surface area contributed by atoms with Crippen LogP contribution in [0.1, 0.15) is 11.1 Å². The van der Waals surface area contributed by atoms with Gasteiger partial charge >= 0.3 is 0 Å². The van der Waals surface area contributed by atoms with Gasteiger partial charge in [-0.15, -0.1) is 0 Å². The zero-order chi connectivity index (χ0) is 21.3. The smallest absolute Gasteiger partial charge is 0.260 e. The second-order valence-electron chi connectivity index (χ2n) is 6.90. The standard InChI is InChI=1S/C20H19ClF4N2O2/c1-11-7-12(2)9-13(8-11)29-10-14(28)26-3-5-27(6-4-26)20-18(24)16(22)15(21)17(23)19(20)25/h7-9H,3-6,10H2,1-2H3. The quantitative estimate of drug-likeness (QED) is 0.413. The number of carbonyl (C=O) groups excluding carboxylic acids is 1. The fourth-order valence-corrected chi connectivity index (χ4v) is 3.47. The summed E-state index contributed by atoms with van der Waals surface area (Å²) in [5.41, 5.74) is 1.20. The first-order valence-electron chi connectivity index (χ1n) is 8.94. The molecule has 1 amide bonds. The van der Waals surface area contributed by atoms with Crippen molar-refractivity contribution in [2.24, 2.45) is 0 Å². The molecular formula is C20H19ClF4N2O2. The van der Waals surface area contributed by atoms with Crippen molar-refractivity contribution in [3.8, 4) is 5.75 Å². The molecule has 0 N–H and O–H groups in total. The van der Waals surface area contributed by atoms with Gasteiger partial charge in [0.15, 0.2) is 29.9 Å². The Morgan fingerprint density at radius 2 is 1.45 bits per heavy atom. The van der Waals surface area contributed by atoms with Crippen LogP contribution in [0.15, 0.2) is 18.2 Å². The number of ether oxygens (including phenoxy) is 1. The highest BCUT2D eigenvalue weighted by atomic mass is 35.5. The number of hydrogen-bond donors (Lipinski definition) is 0. The highest BCUT2D eigenvalue weighted by Crippen LogP contribution is 2.33. The van der Waals surface area contributed by atoms with E-state index in [0.717, 1.165) is 16.0 Å². The fraction of sp³-hybridized carbons (Fsp3) is 0.350. The van der Waals surface area contributed by atoms with Gasteiger partial charge in [-0.2, -0.15) is 0 Å². The van der Waals surface area contributed by atoms with Crippen LogP contribution in [0.5, 0.6) is 5.75 Å². The predicted octanol–water partition coefficient (Wildman–Crippen LogP) is 4.24. The number of rotatable bonds is 4. The van der Waals surface area contributed by atoms with Crippen molar-refractivity contribution in [3.05, 3.63) is 57.6 Å². The summed E-state index contributed by atoms with van der Waals surface area (Å²) in [5.74, 6) is -6.09. The van der Waals surface area contributed by atoms with E-state index in [1.54, 1.807) is 0 Å². The molecule has 0 aliphatic carbocycles. The van der Waals surface area contributed by atoms with Crippen LogP contribution in [0.3, 0.4) is 0 Å². The monoisotopic (exact) mass is 430 g/mol. The van der Waals surface area contributed by atoms with Gasteiger partial charge < -0.3 is 14.5 Å². The van der Waals surface area contributed by atoms with E-state index in [4.69, 9.17) is 16.3 Å². The maximum Gasteiger partial charge on any atom is 0.260 e. The van der Waals surface area contributed by atoms with Crippen molar-refractivity contribution >= 4 is 23.2 Å². The zero-order valence-corrected chi connectivity index (χ0v) is 16.6. The molecule has 1 saturated heterocycles. The average molecular weight is 431 g/mol. The number of nitrogens with zero attached hydrogens (tertiary/aromatic N) is 2. The molecule has 0 spiro atoms. The molecule has 0 unspecified atom stereocenters. The Hall–Kier alpha value is -2.48. The van der Waals surface area contributed by atoms with Crippen LogP contribution in [-0.4, -0.2) is 43.6 Å². The van der Waals surface area contributed by atoms with E-state index >= 15 is 0 Å². The molecule has 0 aromatic heterocycles. The van der Waals surface area contributed by atoms with Crippen LogP contribution in [0.25, 0.3) is 0 Å². The van der Waals surface area contributed by atoms with Crippen LogP contribution >= 0.6 is 11.6 Å². The fourth-order valence-electron chi connectivity index (χ4n) is 3.30. The van der Waals surface area contributed by atoms with Crippen LogP contribution in [-0.2, 0) is 4.79 Å². The molecular weight excluding hydrogens is 412 g/mol. The van der Waals surface area contributed by atoms with E-state index in [2.05, 4.69) is 0 Å². The second-order valence-corrected chi connectivity index (χ2v) is 7.28. The molecule has 0 saturated carbocycles. The first-order chi connectivity index (χ1) is 13.7. The number of anilines is 1. The summed E-state index contributed by atoms with van der Waals surface area (Å²) in [6.07, 6.45) is 0. The van der Waals surface area contributed by atoms with E-state index in [9.17, 15) is 22.4 Å². The SMILES string of the molecule is Cc1cc(C)cc(OCC(=O)N2CCN(c3c(F)c(F)c(Cl)c(F)c3F)CC2)c1. The van der Waals surface area contributed by atoms with E-state index in [0.29, 0.717) is 5.75 Å². The normalized spacial score (nSPS) is 14.3. The van der Waals surface area contributed by atoms with Gasteiger partial charge in [-0.3, -0.25) is 4.79 Å². The molecule has 1 aliphatic rings. The summed E-state index contributed by atoms with van der Waals surface area (Å²) in [6, 6.07) is 5.61. The number of aryl methyl sites for hydroxylation is 2. The molecule has 2 aromatic carbocycles. The third kappa shape index (κ3) is 4.42. The summed E-state index contributed by atoms with van der Waals surface area (Å²) in [6.45, 7) is 3.91. The second kappa shape index (κ2) is 8.49. The van der Waals surface area contributed by atoms with Gasteiger partial charge in [0, 0.05) is 26.2 Å². The summed E-state index contributed by atoms with van der Waals surface area (Å²) in [4.78, 5) is 15.0. The van der Waals surface area contributed by atoms with Gasteiger partial charge in [0.05, 0.1) is 0 Å². The molecule has 29 heavy (non-hydrogen) atoms. The average Bonchev–Trinajstić information content (AvgIpc) is 2.69. The summed E-state index contributed by atoms with van der Waals surface area (Å²) < 4.78 is 61.1. The van der Waals surface area contributed by atoms with Crippen molar-refractivity contribution in [2.75, 3.05) is 37.7 Å². The van der Waals surface area contributed by atoms with Gasteiger partial charge in [0.25, 0.3) is 5.91 Å². The van der Waals surface area contributed by atoms with Gasteiger partial charge in [-0.25, -0.2) is 17.6 Å². The molecule has 1 heterocycles. The van der Waals surface area contributed by atoms with Crippen LogP contribution in [0.4, 0.5) is 23.2 Å². The van der Waals surface area contributed by atoms with Crippen molar-refractivity contribution in [3.63, 3.8) is 0 Å². The lowest BCUT2D eigenvalue weighted by atomic mass is 10.1. The summed E-state index contributed by atoms with van der Waals surface area (Å²) in [5, 5.41) is -1.22. The highest BCUT2D eigenvalue weighted by Gasteiger charge is 2.30. The molecule has 2 aromatic rings. The molecule has 156 valence electrons. The largest absolute Gasteiger partial charge is 0.484 e. The van der Waals surface area contributed by atoms with Crippen molar-refractivity contribution < 1.29 is 27.1 Å². The minimum atomic E-state index is -1.64. The third-order valence-corrected chi connectivity index (χ3v) is 5.02. The molecule has 3 rings (SSSR count). The molecule has 0 bridgehead atoms. The van der Waals surface area contributed by atoms with Crippen LogP contribution in [0, 0.1) is 37.1 Å². The zero-order valence-electron chi connectivity index (χ0n) is 15.9. The molecule has 1 aliphatic heterocycles. The first-order valence-corrected chi connectivity index (χ1v) is 9.32. The topological polar surface area (TPSA) is 32.8 Å². The molecule has 0 radical (unpaired) electrons. The molecule has 9 heteroatoms. The molecule has 4 nitrogen and oxygen atoms in total. The van der Waals surface area contributed by atoms with Gasteiger partial charge in [0.2, 0.25) is 0 Å².